The predicted molar refractivity (Wildman–Crippen MR) is 141 cm³/mol. The van der Waals surface area contributed by atoms with E-state index >= 15 is 4.39 Å². The highest BCUT2D eigenvalue weighted by Crippen LogP contribution is 2.37. The van der Waals surface area contributed by atoms with E-state index in [9.17, 15) is 4.79 Å². The van der Waals surface area contributed by atoms with Crippen LogP contribution in [0.5, 0.6) is 23.0 Å². The van der Waals surface area contributed by atoms with Crippen molar-refractivity contribution in [3.05, 3.63) is 90.0 Å². The van der Waals surface area contributed by atoms with E-state index in [4.69, 9.17) is 18.7 Å². The van der Waals surface area contributed by atoms with E-state index in [0.29, 0.717) is 45.9 Å². The number of ether oxygens (including phenoxy) is 3. The Morgan fingerprint density at radius 2 is 1.71 bits per heavy atom. The van der Waals surface area contributed by atoms with Gasteiger partial charge in [-0.2, -0.15) is 0 Å². The van der Waals surface area contributed by atoms with Crippen molar-refractivity contribution in [1.29, 1.82) is 0 Å². The number of amides is 1. The van der Waals surface area contributed by atoms with Crippen molar-refractivity contribution in [1.82, 2.24) is 10.1 Å². The zero-order chi connectivity index (χ0) is 26.6. The van der Waals surface area contributed by atoms with Gasteiger partial charge in [0.05, 0.1) is 19.7 Å². The molecule has 0 bridgehead atoms. The summed E-state index contributed by atoms with van der Waals surface area (Å²) in [6.07, 6.45) is 2.09. The second-order valence-electron chi connectivity index (χ2n) is 8.29. The zero-order valence-electron chi connectivity index (χ0n) is 20.9. The van der Waals surface area contributed by atoms with Gasteiger partial charge < -0.3 is 24.1 Å². The van der Waals surface area contributed by atoms with Crippen LogP contribution in [0, 0.1) is 5.82 Å². The molecule has 1 N–H and O–H groups in total. The molecule has 0 aliphatic heterocycles. The van der Waals surface area contributed by atoms with Crippen molar-refractivity contribution in [3.63, 3.8) is 0 Å². The Kier molecular flexibility index (Phi) is 6.90. The van der Waals surface area contributed by atoms with E-state index in [2.05, 4.69) is 15.5 Å². The third-order valence-electron chi connectivity index (χ3n) is 6.01. The Morgan fingerprint density at radius 1 is 0.947 bits per heavy atom. The molecule has 9 heteroatoms. The van der Waals surface area contributed by atoms with Gasteiger partial charge in [-0.05, 0) is 30.7 Å². The SMILES string of the molecule is CCc1c(C(=O)Nc2ccc(Oc3ccnc4cc(OC)c(OC)cc34)c(F)c2)noc1-c1ccccc1. The minimum absolute atomic E-state index is 0.0210. The number of benzene rings is 3. The van der Waals surface area contributed by atoms with Gasteiger partial charge in [-0.15, -0.1) is 0 Å². The van der Waals surface area contributed by atoms with Crippen molar-refractivity contribution >= 4 is 22.5 Å². The molecule has 8 nitrogen and oxygen atoms in total. The molecule has 5 aromatic rings. The summed E-state index contributed by atoms with van der Waals surface area (Å²) in [5, 5.41) is 7.29. The predicted octanol–water partition coefficient (Wildman–Crippen LogP) is 6.65. The molecule has 192 valence electrons. The van der Waals surface area contributed by atoms with Crippen molar-refractivity contribution in [2.45, 2.75) is 13.3 Å². The lowest BCUT2D eigenvalue weighted by atomic mass is 10.0. The quantitative estimate of drug-likeness (QED) is 0.248. The van der Waals surface area contributed by atoms with Crippen LogP contribution >= 0.6 is 0 Å². The maximum atomic E-state index is 15.1. The summed E-state index contributed by atoms with van der Waals surface area (Å²) in [5.74, 6) is 0.752. The number of methoxy groups -OCH3 is 2. The Bertz CT molecular complexity index is 1620. The lowest BCUT2D eigenvalue weighted by Gasteiger charge is -2.13. The van der Waals surface area contributed by atoms with Gasteiger partial charge in [0.2, 0.25) is 0 Å². The molecule has 0 atom stereocenters. The van der Waals surface area contributed by atoms with E-state index in [0.717, 1.165) is 5.56 Å². The number of nitrogens with zero attached hydrogens (tertiary/aromatic N) is 2. The minimum atomic E-state index is -0.658. The molecule has 0 aliphatic rings. The molecule has 0 radical (unpaired) electrons. The smallest absolute Gasteiger partial charge is 0.278 e. The largest absolute Gasteiger partial charge is 0.493 e. The van der Waals surface area contributed by atoms with E-state index in [-0.39, 0.29) is 17.1 Å². The highest BCUT2D eigenvalue weighted by molar-refractivity contribution is 6.04. The van der Waals surface area contributed by atoms with Crippen LogP contribution in [0.4, 0.5) is 10.1 Å². The maximum Gasteiger partial charge on any atom is 0.278 e. The number of anilines is 1. The summed E-state index contributed by atoms with van der Waals surface area (Å²) < 4.78 is 37.1. The van der Waals surface area contributed by atoms with Gasteiger partial charge in [0.15, 0.2) is 34.5 Å². The molecular weight excluding hydrogens is 489 g/mol. The topological polar surface area (TPSA) is 95.7 Å². The van der Waals surface area contributed by atoms with Crippen LogP contribution in [0.15, 0.2) is 77.4 Å². The average Bonchev–Trinajstić information content (AvgIpc) is 3.39. The number of fused-ring (bicyclic) bond motifs is 1. The third-order valence-corrected chi connectivity index (χ3v) is 6.01. The number of carbonyl (C=O) groups is 1. The average molecular weight is 514 g/mol. The lowest BCUT2D eigenvalue weighted by molar-refractivity contribution is 0.101. The number of hydrogen-bond donors (Lipinski definition) is 1. The molecule has 0 spiro atoms. The van der Waals surface area contributed by atoms with Crippen molar-refractivity contribution in [2.75, 3.05) is 19.5 Å². The fourth-order valence-electron chi connectivity index (χ4n) is 4.14. The van der Waals surface area contributed by atoms with Crippen LogP contribution in [-0.4, -0.2) is 30.3 Å². The number of pyridine rings is 1. The van der Waals surface area contributed by atoms with Crippen molar-refractivity contribution < 1.29 is 27.9 Å². The second kappa shape index (κ2) is 10.6. The van der Waals surface area contributed by atoms with Crippen LogP contribution in [0.1, 0.15) is 23.0 Å². The monoisotopic (exact) mass is 513 g/mol. The molecule has 1 amide bonds. The number of hydrogen-bond acceptors (Lipinski definition) is 7. The first-order chi connectivity index (χ1) is 18.5. The van der Waals surface area contributed by atoms with Gasteiger partial charge >= 0.3 is 0 Å². The zero-order valence-corrected chi connectivity index (χ0v) is 20.9. The highest BCUT2D eigenvalue weighted by Gasteiger charge is 2.22. The highest BCUT2D eigenvalue weighted by atomic mass is 19.1. The summed E-state index contributed by atoms with van der Waals surface area (Å²) in [6, 6.07) is 18.7. The van der Waals surface area contributed by atoms with E-state index in [1.807, 2.05) is 37.3 Å². The van der Waals surface area contributed by atoms with Crippen molar-refractivity contribution in [3.8, 4) is 34.3 Å². The maximum absolute atomic E-state index is 15.1. The van der Waals surface area contributed by atoms with E-state index < -0.39 is 11.7 Å². The molecule has 0 saturated heterocycles. The van der Waals surface area contributed by atoms with Crippen LogP contribution in [-0.2, 0) is 6.42 Å². The van der Waals surface area contributed by atoms with Crippen molar-refractivity contribution in [2.24, 2.45) is 0 Å². The van der Waals surface area contributed by atoms with Gasteiger partial charge in [-0.1, -0.05) is 42.4 Å². The summed E-state index contributed by atoms with van der Waals surface area (Å²) in [7, 11) is 3.06. The van der Waals surface area contributed by atoms with Gasteiger partial charge in [-0.3, -0.25) is 9.78 Å². The summed E-state index contributed by atoms with van der Waals surface area (Å²) in [4.78, 5) is 17.3. The summed E-state index contributed by atoms with van der Waals surface area (Å²) in [5.41, 5.74) is 2.49. The molecule has 0 fully saturated rings. The Morgan fingerprint density at radius 3 is 2.42 bits per heavy atom. The standard InChI is InChI=1S/C29H24FN3O5/c1-4-19-27(33-38-28(19)17-8-6-5-7-9-17)29(34)32-18-10-11-24(21(30)14-18)37-23-12-13-31-22-16-26(36-3)25(35-2)15-20(22)23/h5-16H,4H2,1-3H3,(H,32,34). The van der Waals surface area contributed by atoms with Crippen LogP contribution in [0.3, 0.4) is 0 Å². The second-order valence-corrected chi connectivity index (χ2v) is 8.29. The molecule has 3 aromatic carbocycles. The normalized spacial score (nSPS) is 10.8. The molecule has 38 heavy (non-hydrogen) atoms. The van der Waals surface area contributed by atoms with Gasteiger partial charge in [0, 0.05) is 40.5 Å². The Balaban J connectivity index is 1.38. The first-order valence-corrected chi connectivity index (χ1v) is 11.9. The fourth-order valence-corrected chi connectivity index (χ4v) is 4.14. The van der Waals surface area contributed by atoms with Gasteiger partial charge in [0.25, 0.3) is 5.91 Å². The van der Waals surface area contributed by atoms with Crippen LogP contribution in [0.2, 0.25) is 0 Å². The Labute approximate surface area is 218 Å². The first kappa shape index (κ1) is 24.8. The molecule has 0 saturated carbocycles. The molecule has 2 aromatic heterocycles. The summed E-state index contributed by atoms with van der Waals surface area (Å²) >= 11 is 0. The van der Waals surface area contributed by atoms with Gasteiger partial charge in [0.1, 0.15) is 5.75 Å². The minimum Gasteiger partial charge on any atom is -0.493 e. The fraction of sp³-hybridized carbons (Fsp3) is 0.138. The molecule has 0 aliphatic carbocycles. The molecule has 0 unspecified atom stereocenters. The molecular formula is C29H24FN3O5. The summed E-state index contributed by atoms with van der Waals surface area (Å²) in [6.45, 7) is 1.91. The van der Waals surface area contributed by atoms with Crippen LogP contribution < -0.4 is 19.5 Å². The number of carbonyl (C=O) groups excluding carboxylic acids is 1. The Hall–Kier alpha value is -4.92. The number of rotatable bonds is 8. The number of nitrogens with one attached hydrogen (secondary N) is 1. The van der Waals surface area contributed by atoms with E-state index in [1.165, 1.54) is 26.4 Å². The number of halogens is 1. The van der Waals surface area contributed by atoms with E-state index in [1.54, 1.807) is 30.5 Å². The first-order valence-electron chi connectivity index (χ1n) is 11.9. The van der Waals surface area contributed by atoms with Gasteiger partial charge in [-0.25, -0.2) is 4.39 Å². The van der Waals surface area contributed by atoms with Crippen LogP contribution in [0.25, 0.3) is 22.2 Å². The lowest BCUT2D eigenvalue weighted by Crippen LogP contribution is -2.14. The molecule has 2 heterocycles. The molecule has 5 rings (SSSR count). The number of aromatic nitrogens is 2. The third kappa shape index (κ3) is 4.73.